The van der Waals surface area contributed by atoms with Gasteiger partial charge in [-0.3, -0.25) is 13.9 Å². The van der Waals surface area contributed by atoms with Crippen LogP contribution < -0.4 is 14.3 Å². The van der Waals surface area contributed by atoms with Gasteiger partial charge in [-0.2, -0.15) is 8.42 Å². The summed E-state index contributed by atoms with van der Waals surface area (Å²) in [5, 5.41) is 22.2. The molecule has 2 bridgehead atoms. The average molecular weight is 655 g/mol. The quantitative estimate of drug-likeness (QED) is 0.258. The van der Waals surface area contributed by atoms with Crippen LogP contribution in [-0.2, 0) is 31.0 Å². The van der Waals surface area contributed by atoms with E-state index in [2.05, 4.69) is 6.07 Å². The molecule has 2 aromatic rings. The number of carbonyl (C=O) groups is 3. The number of nitrogens with zero attached hydrogens (tertiary/aromatic N) is 5. The van der Waals surface area contributed by atoms with Gasteiger partial charge in [0.2, 0.25) is 5.91 Å². The second-order valence-electron chi connectivity index (χ2n) is 14.0. The minimum absolute atomic E-state index is 0.192. The van der Waals surface area contributed by atoms with Crippen molar-refractivity contribution in [3.63, 3.8) is 0 Å². The lowest BCUT2D eigenvalue weighted by molar-refractivity contribution is -1.08. The lowest BCUT2D eigenvalue weighted by atomic mass is 9.78. The zero-order chi connectivity index (χ0) is 32.9. The molecule has 0 spiro atoms. The SMILES string of the molecule is C[C@@H](O)[C@H]1C(=O)N2C(C(=O)O)=C(CN3c4ccc5cccc(CC[N+]67CC[N+](CC(N)=O)(CC6)CC7)c5c4N(C)S3(=O)=O)[C@H](C)[C@H]12. The molecule has 13 nitrogen and oxygen atoms in total. The fourth-order valence-electron chi connectivity index (χ4n) is 8.92. The lowest BCUT2D eigenvalue weighted by Crippen LogP contribution is -2.76. The second kappa shape index (κ2) is 10.4. The number of hydrogen-bond donors (Lipinski definition) is 3. The summed E-state index contributed by atoms with van der Waals surface area (Å²) in [6.07, 6.45) is -0.197. The fourth-order valence-corrected chi connectivity index (χ4v) is 10.3. The monoisotopic (exact) mass is 654 g/mol. The third-order valence-electron chi connectivity index (χ3n) is 11.6. The van der Waals surface area contributed by atoms with Gasteiger partial charge in [0, 0.05) is 24.8 Å². The van der Waals surface area contributed by atoms with Gasteiger partial charge in [0.25, 0.3) is 5.91 Å². The predicted octanol–water partition coefficient (Wildman–Crippen LogP) is 0.226. The fraction of sp³-hybridized carbons (Fsp3) is 0.531. The molecule has 0 unspecified atom stereocenters. The molecule has 2 amide bonds. The van der Waals surface area contributed by atoms with Crippen LogP contribution in [0.1, 0.15) is 19.4 Å². The Bertz CT molecular complexity index is 1800. The summed E-state index contributed by atoms with van der Waals surface area (Å²) in [5.74, 6) is -3.18. The van der Waals surface area contributed by atoms with Crippen LogP contribution in [0.25, 0.3) is 10.8 Å². The van der Waals surface area contributed by atoms with Crippen molar-refractivity contribution in [1.82, 2.24) is 4.90 Å². The number of anilines is 2. The van der Waals surface area contributed by atoms with E-state index in [-0.39, 0.29) is 18.1 Å². The Hall–Kier alpha value is -3.72. The first kappa shape index (κ1) is 30.9. The van der Waals surface area contributed by atoms with Crippen molar-refractivity contribution in [3.05, 3.63) is 47.2 Å². The van der Waals surface area contributed by atoms with Crippen molar-refractivity contribution in [3.8, 4) is 0 Å². The number of carboxylic acids is 1. The molecule has 6 aliphatic heterocycles. The third-order valence-corrected chi connectivity index (χ3v) is 13.4. The van der Waals surface area contributed by atoms with Crippen LogP contribution in [0.4, 0.5) is 11.4 Å². The number of fused-ring (bicyclic) bond motifs is 7. The highest BCUT2D eigenvalue weighted by molar-refractivity contribution is 7.94. The molecule has 0 aliphatic carbocycles. The number of quaternary nitrogens is 2. The molecule has 4 saturated heterocycles. The van der Waals surface area contributed by atoms with Crippen LogP contribution in [0.3, 0.4) is 0 Å². The highest BCUT2D eigenvalue weighted by atomic mass is 32.2. The summed E-state index contributed by atoms with van der Waals surface area (Å²) in [6, 6.07) is 9.18. The molecule has 0 aromatic heterocycles. The van der Waals surface area contributed by atoms with Crippen molar-refractivity contribution in [2.75, 3.05) is 74.6 Å². The third kappa shape index (κ3) is 4.37. The number of benzene rings is 2. The highest BCUT2D eigenvalue weighted by Gasteiger charge is 2.60. The topological polar surface area (TPSA) is 162 Å². The standard InChI is InChI=1S/C32H40N6O7S/c1-19-23(29(32(42)43)36-28(19)26(20(2)39)31(36)41)17-35-24-8-7-21-5-4-6-22(27(21)30(24)34(3)46(35,44)45)9-10-37-11-14-38(15-12-37,16-13-37)18-25(33)40/h4-8,19-20,26,28,39H,9-18H2,1-3H3,(H-2,33,40,42,43)/p+2/t19-,20+,26+,28+,37?,38?/m0/s1. The molecule has 6 heterocycles. The van der Waals surface area contributed by atoms with Gasteiger partial charge in [0.1, 0.15) is 45.0 Å². The van der Waals surface area contributed by atoms with Gasteiger partial charge in [0.15, 0.2) is 6.54 Å². The first-order valence-corrected chi connectivity index (χ1v) is 17.4. The Morgan fingerprint density at radius 1 is 1.07 bits per heavy atom. The summed E-state index contributed by atoms with van der Waals surface area (Å²) < 4.78 is 32.4. The van der Waals surface area contributed by atoms with Crippen molar-refractivity contribution in [2.45, 2.75) is 32.4 Å². The summed E-state index contributed by atoms with van der Waals surface area (Å²) >= 11 is 0. The molecule has 14 heteroatoms. The maximum absolute atomic E-state index is 14.0. The molecule has 0 saturated carbocycles. The van der Waals surface area contributed by atoms with E-state index >= 15 is 0 Å². The first-order valence-electron chi connectivity index (χ1n) is 16.0. The van der Waals surface area contributed by atoms with E-state index in [0.717, 1.165) is 77.5 Å². The van der Waals surface area contributed by atoms with Gasteiger partial charge in [-0.25, -0.2) is 9.10 Å². The Balaban J connectivity index is 1.22. The van der Waals surface area contributed by atoms with Crippen LogP contribution in [0.15, 0.2) is 41.6 Å². The van der Waals surface area contributed by atoms with E-state index in [0.29, 0.717) is 23.5 Å². The number of carboxylic acid groups (broad SMARTS) is 1. The van der Waals surface area contributed by atoms with Crippen molar-refractivity contribution < 1.29 is 42.0 Å². The van der Waals surface area contributed by atoms with E-state index in [4.69, 9.17) is 5.73 Å². The van der Waals surface area contributed by atoms with Crippen molar-refractivity contribution in [1.29, 1.82) is 0 Å². The van der Waals surface area contributed by atoms with Crippen LogP contribution in [0.5, 0.6) is 0 Å². The first-order chi connectivity index (χ1) is 21.7. The van der Waals surface area contributed by atoms with Crippen LogP contribution in [0.2, 0.25) is 0 Å². The predicted molar refractivity (Wildman–Crippen MR) is 171 cm³/mol. The Morgan fingerprint density at radius 3 is 2.33 bits per heavy atom. The number of aliphatic carboxylic acids is 1. The smallest absolute Gasteiger partial charge is 0.352 e. The molecule has 2 aromatic carbocycles. The van der Waals surface area contributed by atoms with Crippen LogP contribution in [0, 0.1) is 11.8 Å². The second-order valence-corrected chi connectivity index (χ2v) is 15.9. The largest absolute Gasteiger partial charge is 0.477 e. The van der Waals surface area contributed by atoms with Gasteiger partial charge in [-0.15, -0.1) is 0 Å². The molecule has 46 heavy (non-hydrogen) atoms. The summed E-state index contributed by atoms with van der Waals surface area (Å²) in [6.45, 7) is 10.1. The van der Waals surface area contributed by atoms with E-state index in [1.165, 1.54) is 27.5 Å². The highest BCUT2D eigenvalue weighted by Crippen LogP contribution is 2.50. The minimum Gasteiger partial charge on any atom is -0.477 e. The molecular formula is C32H42N6O7S+2. The van der Waals surface area contributed by atoms with Gasteiger partial charge in [-0.1, -0.05) is 31.2 Å². The zero-order valence-electron chi connectivity index (χ0n) is 26.4. The number of hydrogen-bond acceptors (Lipinski definition) is 6. The van der Waals surface area contributed by atoms with Crippen molar-refractivity contribution in [2.24, 2.45) is 17.6 Å². The van der Waals surface area contributed by atoms with Crippen LogP contribution in [-0.4, -0.2) is 128 Å². The lowest BCUT2D eigenvalue weighted by Gasteiger charge is -2.55. The maximum Gasteiger partial charge on any atom is 0.352 e. The number of β-lactam (4-membered cyclic amide) rings is 1. The molecule has 4 fully saturated rings. The van der Waals surface area contributed by atoms with Crippen molar-refractivity contribution >= 4 is 50.1 Å². The molecule has 4 atom stereocenters. The van der Waals surface area contributed by atoms with E-state index in [1.54, 1.807) is 13.0 Å². The van der Waals surface area contributed by atoms with Gasteiger partial charge < -0.3 is 29.8 Å². The molecular weight excluding hydrogens is 612 g/mol. The molecule has 8 rings (SSSR count). The average Bonchev–Trinajstić information content (AvgIpc) is 3.36. The Kier molecular flexibility index (Phi) is 6.98. The number of aliphatic hydroxyl groups is 1. The number of rotatable bonds is 9. The molecule has 4 N–H and O–H groups in total. The Morgan fingerprint density at radius 2 is 1.72 bits per heavy atom. The van der Waals surface area contributed by atoms with Gasteiger partial charge in [-0.05, 0) is 29.5 Å². The summed E-state index contributed by atoms with van der Waals surface area (Å²) in [4.78, 5) is 38.2. The van der Waals surface area contributed by atoms with Gasteiger partial charge in [0.05, 0.1) is 42.5 Å². The van der Waals surface area contributed by atoms with Gasteiger partial charge >= 0.3 is 16.2 Å². The summed E-state index contributed by atoms with van der Waals surface area (Å²) in [5.41, 5.74) is 7.79. The maximum atomic E-state index is 14.0. The summed E-state index contributed by atoms with van der Waals surface area (Å²) in [7, 11) is -2.54. The molecule has 246 valence electrons. The number of amides is 2. The number of nitrogens with two attached hydrogens (primary N) is 1. The molecule has 6 aliphatic rings. The van der Waals surface area contributed by atoms with E-state index in [9.17, 15) is 33.0 Å². The number of carbonyl (C=O) groups excluding carboxylic acids is 2. The van der Waals surface area contributed by atoms with E-state index in [1.807, 2.05) is 18.2 Å². The number of piperazine rings is 3. The number of aliphatic hydroxyl groups excluding tert-OH is 1. The van der Waals surface area contributed by atoms with Crippen LogP contribution >= 0.6 is 0 Å². The molecule has 0 radical (unpaired) electrons. The zero-order valence-corrected chi connectivity index (χ0v) is 27.2. The Labute approximate surface area is 268 Å². The number of primary amides is 1. The normalized spacial score (nSPS) is 31.7. The minimum atomic E-state index is -4.07. The van der Waals surface area contributed by atoms with E-state index < -0.39 is 46.1 Å².